The molecule has 2 aromatic heterocycles. The van der Waals surface area contributed by atoms with E-state index in [1.54, 1.807) is 6.07 Å². The molecule has 86 valence electrons. The van der Waals surface area contributed by atoms with Gasteiger partial charge in [0.15, 0.2) is 0 Å². The van der Waals surface area contributed by atoms with Crippen molar-refractivity contribution >= 4 is 26.8 Å². The zero-order chi connectivity index (χ0) is 12.6. The lowest BCUT2D eigenvalue weighted by Gasteiger charge is -2.07. The number of rotatable bonds is 0. The molecule has 0 N–H and O–H groups in total. The molecule has 0 bridgehead atoms. The maximum Gasteiger partial charge on any atom is 0.433 e. The van der Waals surface area contributed by atoms with Crippen LogP contribution in [-0.4, -0.2) is 9.97 Å². The lowest BCUT2D eigenvalue weighted by Crippen LogP contribution is -2.08. The highest BCUT2D eigenvalue weighted by Gasteiger charge is 2.32. The van der Waals surface area contributed by atoms with Gasteiger partial charge in [-0.05, 0) is 28.1 Å². The number of pyridine rings is 2. The predicted molar refractivity (Wildman–Crippen MR) is 57.0 cm³/mol. The van der Waals surface area contributed by atoms with Gasteiger partial charge in [0.1, 0.15) is 17.5 Å². The molecule has 2 rings (SSSR count). The molecule has 0 atom stereocenters. The zero-order valence-corrected chi connectivity index (χ0v) is 9.67. The van der Waals surface area contributed by atoms with E-state index < -0.39 is 11.9 Å². The summed E-state index contributed by atoms with van der Waals surface area (Å²) in [6, 6.07) is 3.83. The fraction of sp³-hybridized carbons (Fsp3) is 0.100. The summed E-state index contributed by atoms with van der Waals surface area (Å²) >= 11 is 3.06. The normalized spacial score (nSPS) is 11.5. The van der Waals surface area contributed by atoms with Gasteiger partial charge < -0.3 is 0 Å². The summed E-state index contributed by atoms with van der Waals surface area (Å²) in [6.07, 6.45) is -3.25. The molecule has 0 unspecified atom stereocenters. The monoisotopic (exact) mass is 301 g/mol. The number of alkyl halides is 3. The molecule has 2 heterocycles. The van der Waals surface area contributed by atoms with E-state index in [9.17, 15) is 13.2 Å². The molecule has 0 radical (unpaired) electrons. The van der Waals surface area contributed by atoms with Crippen LogP contribution in [-0.2, 0) is 6.18 Å². The minimum Gasteiger partial charge on any atom is -0.244 e. The van der Waals surface area contributed by atoms with E-state index in [1.807, 2.05) is 0 Å². The van der Waals surface area contributed by atoms with Crippen LogP contribution in [0.15, 0.2) is 22.8 Å². The van der Waals surface area contributed by atoms with Crippen molar-refractivity contribution in [1.29, 1.82) is 5.26 Å². The second-order valence-corrected chi connectivity index (χ2v) is 4.01. The van der Waals surface area contributed by atoms with Crippen molar-refractivity contribution in [2.45, 2.75) is 6.18 Å². The van der Waals surface area contributed by atoms with Crippen LogP contribution in [0.5, 0.6) is 0 Å². The number of halogens is 4. The Morgan fingerprint density at radius 3 is 2.59 bits per heavy atom. The molecule has 0 amide bonds. The second-order valence-electron chi connectivity index (χ2n) is 3.16. The molecular weight excluding hydrogens is 299 g/mol. The van der Waals surface area contributed by atoms with E-state index in [4.69, 9.17) is 5.26 Å². The highest BCUT2D eigenvalue weighted by Crippen LogP contribution is 2.31. The van der Waals surface area contributed by atoms with Crippen LogP contribution in [0.25, 0.3) is 10.9 Å². The second kappa shape index (κ2) is 3.96. The van der Waals surface area contributed by atoms with Gasteiger partial charge >= 0.3 is 6.18 Å². The molecule has 0 fully saturated rings. The Balaban J connectivity index is 2.79. The molecule has 17 heavy (non-hydrogen) atoms. The van der Waals surface area contributed by atoms with Gasteiger partial charge in [-0.2, -0.15) is 18.4 Å². The Hall–Kier alpha value is -1.68. The van der Waals surface area contributed by atoms with Crippen LogP contribution in [0.4, 0.5) is 13.2 Å². The lowest BCUT2D eigenvalue weighted by atomic mass is 10.2. The first-order valence-corrected chi connectivity index (χ1v) is 5.15. The quantitative estimate of drug-likeness (QED) is 0.750. The topological polar surface area (TPSA) is 49.6 Å². The van der Waals surface area contributed by atoms with Crippen molar-refractivity contribution < 1.29 is 13.2 Å². The highest BCUT2D eigenvalue weighted by atomic mass is 79.9. The molecular formula is C10H3BrF3N3. The average Bonchev–Trinajstić information content (AvgIpc) is 2.28. The fourth-order valence-corrected chi connectivity index (χ4v) is 1.74. The van der Waals surface area contributed by atoms with Crippen molar-refractivity contribution in [3.8, 4) is 6.07 Å². The molecule has 0 saturated heterocycles. The largest absolute Gasteiger partial charge is 0.433 e. The van der Waals surface area contributed by atoms with Crippen LogP contribution in [0.3, 0.4) is 0 Å². The number of nitriles is 1. The van der Waals surface area contributed by atoms with Gasteiger partial charge in [-0.1, -0.05) is 0 Å². The van der Waals surface area contributed by atoms with Gasteiger partial charge in [0.25, 0.3) is 0 Å². The van der Waals surface area contributed by atoms with Crippen molar-refractivity contribution in [2.75, 3.05) is 0 Å². The number of nitrogens with zero attached hydrogens (tertiary/aromatic N) is 3. The molecule has 7 heteroatoms. The summed E-state index contributed by atoms with van der Waals surface area (Å²) in [6.45, 7) is 0. The van der Waals surface area contributed by atoms with Crippen molar-refractivity contribution in [2.24, 2.45) is 0 Å². The SMILES string of the molecule is N#Cc1ncc(Br)c2nc(C(F)(F)F)ccc12. The molecule has 2 aromatic rings. The van der Waals surface area contributed by atoms with E-state index in [2.05, 4.69) is 25.9 Å². The Bertz CT molecular complexity index is 631. The fourth-order valence-electron chi connectivity index (χ4n) is 1.33. The van der Waals surface area contributed by atoms with E-state index >= 15 is 0 Å². The van der Waals surface area contributed by atoms with Crippen LogP contribution in [0, 0.1) is 11.3 Å². The number of aromatic nitrogens is 2. The number of hydrogen-bond donors (Lipinski definition) is 0. The van der Waals surface area contributed by atoms with Crippen molar-refractivity contribution in [3.05, 3.63) is 34.2 Å². The molecule has 0 saturated carbocycles. The highest BCUT2D eigenvalue weighted by molar-refractivity contribution is 9.10. The summed E-state index contributed by atoms with van der Waals surface area (Å²) in [7, 11) is 0. The lowest BCUT2D eigenvalue weighted by molar-refractivity contribution is -0.140. The third-order valence-electron chi connectivity index (χ3n) is 2.08. The average molecular weight is 302 g/mol. The summed E-state index contributed by atoms with van der Waals surface area (Å²) in [5.74, 6) is 0. The standard InChI is InChI=1S/C10H3BrF3N3/c11-6-4-16-7(3-15)5-1-2-8(10(12,13)14)17-9(5)6/h1-2,4H. The number of hydrogen-bond acceptors (Lipinski definition) is 3. The summed E-state index contributed by atoms with van der Waals surface area (Å²) in [5.41, 5.74) is -0.878. The molecule has 0 spiro atoms. The Morgan fingerprint density at radius 1 is 1.29 bits per heavy atom. The van der Waals surface area contributed by atoms with Crippen LogP contribution in [0.2, 0.25) is 0 Å². The van der Waals surface area contributed by atoms with Crippen LogP contribution in [0.1, 0.15) is 11.4 Å². The van der Waals surface area contributed by atoms with Gasteiger partial charge in [-0.25, -0.2) is 9.97 Å². The van der Waals surface area contributed by atoms with Crippen LogP contribution >= 0.6 is 15.9 Å². The molecule has 0 aliphatic heterocycles. The van der Waals surface area contributed by atoms with Gasteiger partial charge in [-0.3, -0.25) is 0 Å². The summed E-state index contributed by atoms with van der Waals surface area (Å²) in [4.78, 5) is 7.28. The molecule has 0 aromatic carbocycles. The zero-order valence-electron chi connectivity index (χ0n) is 8.09. The van der Waals surface area contributed by atoms with Crippen molar-refractivity contribution in [1.82, 2.24) is 9.97 Å². The van der Waals surface area contributed by atoms with E-state index in [-0.39, 0.29) is 16.6 Å². The summed E-state index contributed by atoms with van der Waals surface area (Å²) < 4.78 is 37.7. The van der Waals surface area contributed by atoms with Crippen molar-refractivity contribution in [3.63, 3.8) is 0 Å². The molecule has 0 aliphatic carbocycles. The third kappa shape index (κ3) is 2.08. The minimum atomic E-state index is -4.51. The Kier molecular flexibility index (Phi) is 2.75. The predicted octanol–water partition coefficient (Wildman–Crippen LogP) is 3.28. The van der Waals surface area contributed by atoms with Gasteiger partial charge in [0.2, 0.25) is 0 Å². The first-order valence-electron chi connectivity index (χ1n) is 4.36. The van der Waals surface area contributed by atoms with E-state index in [0.29, 0.717) is 4.47 Å². The van der Waals surface area contributed by atoms with Crippen LogP contribution < -0.4 is 0 Å². The smallest absolute Gasteiger partial charge is 0.244 e. The Labute approximate surface area is 102 Å². The molecule has 3 nitrogen and oxygen atoms in total. The number of fused-ring (bicyclic) bond motifs is 1. The van der Waals surface area contributed by atoms with E-state index in [0.717, 1.165) is 6.07 Å². The first-order chi connectivity index (χ1) is 7.93. The summed E-state index contributed by atoms with van der Waals surface area (Å²) in [5, 5.41) is 9.06. The molecule has 0 aliphatic rings. The first kappa shape index (κ1) is 11.8. The van der Waals surface area contributed by atoms with Gasteiger partial charge in [-0.15, -0.1) is 0 Å². The maximum absolute atomic E-state index is 12.5. The third-order valence-corrected chi connectivity index (χ3v) is 2.66. The van der Waals surface area contributed by atoms with Gasteiger partial charge in [0, 0.05) is 11.6 Å². The maximum atomic E-state index is 12.5. The van der Waals surface area contributed by atoms with E-state index in [1.165, 1.54) is 12.3 Å². The minimum absolute atomic E-state index is 0.0458. The van der Waals surface area contributed by atoms with Gasteiger partial charge in [0.05, 0.1) is 9.99 Å². The Morgan fingerprint density at radius 2 is 2.00 bits per heavy atom.